The highest BCUT2D eigenvalue weighted by atomic mass is 15.3. The quantitative estimate of drug-likeness (QED) is 0.893. The summed E-state index contributed by atoms with van der Waals surface area (Å²) in [7, 11) is 2.21. The van der Waals surface area contributed by atoms with Crippen LogP contribution in [0.3, 0.4) is 0 Å². The van der Waals surface area contributed by atoms with Crippen molar-refractivity contribution in [2.75, 3.05) is 31.6 Å². The molecule has 1 aliphatic rings. The van der Waals surface area contributed by atoms with E-state index < -0.39 is 0 Å². The van der Waals surface area contributed by atoms with Crippen molar-refractivity contribution in [1.29, 1.82) is 0 Å². The van der Waals surface area contributed by atoms with Gasteiger partial charge in [0.1, 0.15) is 0 Å². The Morgan fingerprint density at radius 1 is 1.10 bits per heavy atom. The average Bonchev–Trinajstić information content (AvgIpc) is 2.53. The first kappa shape index (κ1) is 16.2. The maximum atomic E-state index is 6.05. The zero-order valence-electron chi connectivity index (χ0n) is 13.9. The van der Waals surface area contributed by atoms with Gasteiger partial charge in [0.25, 0.3) is 0 Å². The van der Waals surface area contributed by atoms with Crippen molar-refractivity contribution >= 4 is 5.82 Å². The van der Waals surface area contributed by atoms with Gasteiger partial charge in [-0.1, -0.05) is 20.8 Å². The van der Waals surface area contributed by atoms with Gasteiger partial charge in [-0.3, -0.25) is 4.90 Å². The second-order valence-corrected chi connectivity index (χ2v) is 5.83. The van der Waals surface area contributed by atoms with Gasteiger partial charge >= 0.3 is 0 Å². The van der Waals surface area contributed by atoms with E-state index in [9.17, 15) is 0 Å². The second kappa shape index (κ2) is 7.18. The van der Waals surface area contributed by atoms with Gasteiger partial charge in [0, 0.05) is 37.8 Å². The molecule has 118 valence electrons. The van der Waals surface area contributed by atoms with E-state index >= 15 is 0 Å². The Kier molecular flexibility index (Phi) is 5.53. The first-order chi connectivity index (χ1) is 10.2. The van der Waals surface area contributed by atoms with E-state index in [0.717, 1.165) is 50.4 Å². The molecule has 1 fully saturated rings. The van der Waals surface area contributed by atoms with Crippen LogP contribution in [0.25, 0.3) is 0 Å². The fraction of sp³-hybridized carbons (Fsp3) is 0.750. The van der Waals surface area contributed by atoms with E-state index in [2.05, 4.69) is 47.8 Å². The highest BCUT2D eigenvalue weighted by Crippen LogP contribution is 2.26. The molecule has 0 aliphatic carbocycles. The van der Waals surface area contributed by atoms with Crippen molar-refractivity contribution < 1.29 is 0 Å². The number of anilines is 1. The van der Waals surface area contributed by atoms with Crippen LogP contribution in [-0.2, 0) is 19.4 Å². The van der Waals surface area contributed by atoms with E-state index in [4.69, 9.17) is 5.73 Å². The number of nitrogens with zero attached hydrogens (tertiary/aromatic N) is 4. The summed E-state index contributed by atoms with van der Waals surface area (Å²) in [5.41, 5.74) is 9.65. The third-order valence-electron chi connectivity index (χ3n) is 4.69. The molecule has 2 heterocycles. The minimum Gasteiger partial charge on any atom is -0.352 e. The highest BCUT2D eigenvalue weighted by molar-refractivity contribution is 5.52. The predicted octanol–water partition coefficient (Wildman–Crippen LogP) is 1.59. The van der Waals surface area contributed by atoms with Crippen molar-refractivity contribution in [2.45, 2.75) is 52.6 Å². The lowest BCUT2D eigenvalue weighted by Crippen LogP contribution is -2.51. The summed E-state index contributed by atoms with van der Waals surface area (Å²) >= 11 is 0. The van der Waals surface area contributed by atoms with Crippen LogP contribution in [0, 0.1) is 0 Å². The molecule has 21 heavy (non-hydrogen) atoms. The van der Waals surface area contributed by atoms with E-state index in [1.165, 1.54) is 11.1 Å². The predicted molar refractivity (Wildman–Crippen MR) is 87.6 cm³/mol. The van der Waals surface area contributed by atoms with Gasteiger partial charge in [-0.2, -0.15) is 5.10 Å². The molecule has 0 aromatic carbocycles. The molecule has 5 nitrogen and oxygen atoms in total. The smallest absolute Gasteiger partial charge is 0.156 e. The van der Waals surface area contributed by atoms with E-state index in [0.29, 0.717) is 12.6 Å². The molecule has 1 aromatic heterocycles. The molecular formula is C16H29N5. The molecule has 2 N–H and O–H groups in total. The lowest BCUT2D eigenvalue weighted by atomic mass is 10.0. The zero-order valence-corrected chi connectivity index (χ0v) is 13.9. The van der Waals surface area contributed by atoms with Gasteiger partial charge in [-0.15, -0.1) is 5.10 Å². The summed E-state index contributed by atoms with van der Waals surface area (Å²) in [5.74, 6) is 1.01. The summed E-state index contributed by atoms with van der Waals surface area (Å²) in [6.45, 7) is 10.2. The number of aromatic nitrogens is 2. The molecule has 0 spiro atoms. The van der Waals surface area contributed by atoms with Gasteiger partial charge in [-0.25, -0.2) is 0 Å². The molecule has 1 unspecified atom stereocenters. The van der Waals surface area contributed by atoms with Crippen molar-refractivity contribution in [3.8, 4) is 0 Å². The molecule has 0 amide bonds. The lowest BCUT2D eigenvalue weighted by Gasteiger charge is -2.40. The lowest BCUT2D eigenvalue weighted by molar-refractivity contribution is 0.212. The zero-order chi connectivity index (χ0) is 15.4. The Hall–Kier alpha value is -1.20. The molecule has 1 aliphatic heterocycles. The molecule has 0 saturated carbocycles. The number of rotatable bonds is 5. The number of aryl methyl sites for hydroxylation is 1. The normalized spacial score (nSPS) is 20.0. The Bertz CT molecular complexity index is 474. The summed E-state index contributed by atoms with van der Waals surface area (Å²) in [6.07, 6.45) is 3.05. The minimum absolute atomic E-state index is 0.546. The molecular weight excluding hydrogens is 262 g/mol. The van der Waals surface area contributed by atoms with Crippen LogP contribution < -0.4 is 10.6 Å². The van der Waals surface area contributed by atoms with Gasteiger partial charge in [0.15, 0.2) is 5.82 Å². The molecule has 1 saturated heterocycles. The fourth-order valence-electron chi connectivity index (χ4n) is 3.29. The number of likely N-dealkylation sites (N-methyl/N-ethyl adjacent to an activating group) is 1. The Balaban J connectivity index is 2.35. The molecule has 5 heteroatoms. The molecule has 1 aromatic rings. The second-order valence-electron chi connectivity index (χ2n) is 5.83. The van der Waals surface area contributed by atoms with Crippen LogP contribution in [0.5, 0.6) is 0 Å². The van der Waals surface area contributed by atoms with Crippen molar-refractivity contribution in [2.24, 2.45) is 5.73 Å². The summed E-state index contributed by atoms with van der Waals surface area (Å²) < 4.78 is 0. The van der Waals surface area contributed by atoms with Crippen LogP contribution in [0.2, 0.25) is 0 Å². The van der Waals surface area contributed by atoms with Gasteiger partial charge in [0.05, 0.1) is 5.69 Å². The van der Waals surface area contributed by atoms with Crippen LogP contribution in [0.4, 0.5) is 5.82 Å². The van der Waals surface area contributed by atoms with Crippen LogP contribution in [0.1, 0.15) is 44.0 Å². The summed E-state index contributed by atoms with van der Waals surface area (Å²) in [5, 5.41) is 8.98. The van der Waals surface area contributed by atoms with Crippen molar-refractivity contribution in [3.63, 3.8) is 0 Å². The molecule has 2 rings (SSSR count). The van der Waals surface area contributed by atoms with Crippen LogP contribution >= 0.6 is 0 Å². The number of piperazine rings is 1. The third kappa shape index (κ3) is 3.19. The van der Waals surface area contributed by atoms with E-state index in [1.54, 1.807) is 0 Å². The van der Waals surface area contributed by atoms with Crippen LogP contribution in [-0.4, -0.2) is 47.8 Å². The standard InChI is InChI=1S/C16H29N5/c1-5-12-11-21(9-8-20(12)4)16-14(10-17)13(6-2)15(7-3)18-19-16/h12H,5-11,17H2,1-4H3. The highest BCUT2D eigenvalue weighted by Gasteiger charge is 2.26. The monoisotopic (exact) mass is 291 g/mol. The SMILES string of the molecule is CCc1nnc(N2CCN(C)C(CC)C2)c(CN)c1CC. The van der Waals surface area contributed by atoms with Crippen molar-refractivity contribution in [3.05, 3.63) is 16.8 Å². The molecule has 0 bridgehead atoms. The Labute approximate surface area is 128 Å². The summed E-state index contributed by atoms with van der Waals surface area (Å²) in [6, 6.07) is 0.585. The fourth-order valence-corrected chi connectivity index (χ4v) is 3.29. The molecule has 1 atom stereocenters. The first-order valence-corrected chi connectivity index (χ1v) is 8.18. The van der Waals surface area contributed by atoms with Crippen molar-refractivity contribution in [1.82, 2.24) is 15.1 Å². The average molecular weight is 291 g/mol. The maximum absolute atomic E-state index is 6.05. The first-order valence-electron chi connectivity index (χ1n) is 8.18. The van der Waals surface area contributed by atoms with E-state index in [1.807, 2.05) is 0 Å². The minimum atomic E-state index is 0.546. The van der Waals surface area contributed by atoms with Gasteiger partial charge < -0.3 is 10.6 Å². The number of nitrogens with two attached hydrogens (primary N) is 1. The van der Waals surface area contributed by atoms with E-state index in [-0.39, 0.29) is 0 Å². The Morgan fingerprint density at radius 2 is 1.86 bits per heavy atom. The van der Waals surface area contributed by atoms with Gasteiger partial charge in [0.2, 0.25) is 0 Å². The number of hydrogen-bond acceptors (Lipinski definition) is 5. The largest absolute Gasteiger partial charge is 0.352 e. The van der Waals surface area contributed by atoms with Crippen LogP contribution in [0.15, 0.2) is 0 Å². The maximum Gasteiger partial charge on any atom is 0.156 e. The third-order valence-corrected chi connectivity index (χ3v) is 4.69. The summed E-state index contributed by atoms with van der Waals surface area (Å²) in [4.78, 5) is 4.81. The van der Waals surface area contributed by atoms with Gasteiger partial charge in [-0.05, 0) is 31.9 Å². The number of hydrogen-bond donors (Lipinski definition) is 1. The Morgan fingerprint density at radius 3 is 2.43 bits per heavy atom. The molecule has 0 radical (unpaired) electrons. The topological polar surface area (TPSA) is 58.3 Å².